The fourth-order valence-corrected chi connectivity index (χ4v) is 3.47. The molecule has 148 valence electrons. The number of nitrogens with two attached hydrogens (primary N) is 1. The summed E-state index contributed by atoms with van der Waals surface area (Å²) in [5.41, 5.74) is 6.82. The van der Waals surface area contributed by atoms with Crippen LogP contribution in [0.15, 0.2) is 47.4 Å². The third-order valence-electron chi connectivity index (χ3n) is 4.97. The molecule has 3 heterocycles. The maximum atomic E-state index is 13.4. The minimum Gasteiger partial charge on any atom is -0.477 e. The van der Waals surface area contributed by atoms with Crippen LogP contribution in [0.4, 0.5) is 5.69 Å². The van der Waals surface area contributed by atoms with Crippen LogP contribution in [0.1, 0.15) is 23.0 Å². The molecule has 29 heavy (non-hydrogen) atoms. The lowest BCUT2D eigenvalue weighted by Gasteiger charge is -2.33. The van der Waals surface area contributed by atoms with Gasteiger partial charge in [-0.25, -0.2) is 4.98 Å². The van der Waals surface area contributed by atoms with Crippen molar-refractivity contribution in [3.8, 4) is 5.75 Å². The monoisotopic (exact) mass is 392 g/mol. The van der Waals surface area contributed by atoms with Gasteiger partial charge < -0.3 is 19.9 Å². The first-order valence-electron chi connectivity index (χ1n) is 9.28. The number of aryl methyl sites for hydroxylation is 2. The summed E-state index contributed by atoms with van der Waals surface area (Å²) in [4.78, 5) is 44.1. The van der Waals surface area contributed by atoms with Crippen LogP contribution in [0.3, 0.4) is 0 Å². The largest absolute Gasteiger partial charge is 0.477 e. The minimum absolute atomic E-state index is 0.00456. The number of aromatic nitrogens is 2. The molecular weight excluding hydrogens is 372 g/mol. The van der Waals surface area contributed by atoms with Gasteiger partial charge in [-0.1, -0.05) is 12.1 Å². The fraction of sp³-hybridized carbons (Fsp3) is 0.238. The van der Waals surface area contributed by atoms with Gasteiger partial charge >= 0.3 is 0 Å². The molecule has 0 bridgehead atoms. The summed E-state index contributed by atoms with van der Waals surface area (Å²) in [6.07, 6.45) is 0.531. The van der Waals surface area contributed by atoms with Crippen molar-refractivity contribution in [3.63, 3.8) is 0 Å². The summed E-state index contributed by atoms with van der Waals surface area (Å²) in [7, 11) is 0. The number of pyridine rings is 2. The molecule has 8 heteroatoms. The molecule has 0 spiro atoms. The highest BCUT2D eigenvalue weighted by atomic mass is 16.5. The Morgan fingerprint density at radius 1 is 1.24 bits per heavy atom. The third kappa shape index (κ3) is 3.12. The second-order valence-corrected chi connectivity index (χ2v) is 6.87. The number of primary amides is 1. The van der Waals surface area contributed by atoms with E-state index in [1.165, 1.54) is 11.1 Å². The summed E-state index contributed by atoms with van der Waals surface area (Å²) in [5.74, 6) is -0.826. The van der Waals surface area contributed by atoms with E-state index in [2.05, 4.69) is 4.98 Å². The molecule has 4 rings (SSSR count). The van der Waals surface area contributed by atoms with Crippen LogP contribution in [0.25, 0.3) is 11.0 Å². The molecule has 8 nitrogen and oxygen atoms in total. The maximum absolute atomic E-state index is 13.4. The Bertz CT molecular complexity index is 1200. The van der Waals surface area contributed by atoms with Crippen molar-refractivity contribution in [2.24, 2.45) is 5.73 Å². The Morgan fingerprint density at radius 2 is 2.00 bits per heavy atom. The number of fused-ring (bicyclic) bond motifs is 2. The first-order chi connectivity index (χ1) is 13.9. The van der Waals surface area contributed by atoms with Crippen LogP contribution in [0, 0.1) is 6.92 Å². The van der Waals surface area contributed by atoms with Crippen molar-refractivity contribution in [1.82, 2.24) is 9.55 Å². The summed E-state index contributed by atoms with van der Waals surface area (Å²) in [5, 5.41) is 0.372. The van der Waals surface area contributed by atoms with Gasteiger partial charge in [0.15, 0.2) is 6.10 Å². The van der Waals surface area contributed by atoms with Gasteiger partial charge in [0.1, 0.15) is 17.0 Å². The predicted octanol–water partition coefficient (Wildman–Crippen LogP) is 1.62. The SMILES string of the molecule is CCn1cc(C(=O)N2C[C@H](C(N)=O)Oc3ccccc32)c(=O)c2ccc(C)nc21. The fourth-order valence-electron chi connectivity index (χ4n) is 3.47. The lowest BCUT2D eigenvalue weighted by Crippen LogP contribution is -2.50. The van der Waals surface area contributed by atoms with Crippen LogP contribution in [0.2, 0.25) is 0 Å². The van der Waals surface area contributed by atoms with Crippen molar-refractivity contribution in [2.45, 2.75) is 26.5 Å². The highest BCUT2D eigenvalue weighted by Gasteiger charge is 2.34. The molecule has 0 unspecified atom stereocenters. The van der Waals surface area contributed by atoms with Crippen LogP contribution < -0.4 is 20.8 Å². The number of anilines is 1. The normalized spacial score (nSPS) is 15.7. The van der Waals surface area contributed by atoms with E-state index in [4.69, 9.17) is 10.5 Å². The van der Waals surface area contributed by atoms with Crippen molar-refractivity contribution < 1.29 is 14.3 Å². The molecule has 3 aromatic rings. The topological polar surface area (TPSA) is 108 Å². The van der Waals surface area contributed by atoms with E-state index in [9.17, 15) is 14.4 Å². The number of carbonyl (C=O) groups excluding carboxylic acids is 2. The molecule has 2 amide bonds. The number of amides is 2. The Hall–Kier alpha value is -3.68. The Morgan fingerprint density at radius 3 is 2.72 bits per heavy atom. The van der Waals surface area contributed by atoms with E-state index >= 15 is 0 Å². The average Bonchev–Trinajstić information content (AvgIpc) is 2.72. The van der Waals surface area contributed by atoms with Gasteiger partial charge in [0.05, 0.1) is 17.6 Å². The molecule has 1 aliphatic rings. The van der Waals surface area contributed by atoms with Crippen LogP contribution >= 0.6 is 0 Å². The van der Waals surface area contributed by atoms with Gasteiger partial charge in [-0.2, -0.15) is 0 Å². The lowest BCUT2D eigenvalue weighted by atomic mass is 10.1. The van der Waals surface area contributed by atoms with E-state index < -0.39 is 23.3 Å². The molecule has 2 N–H and O–H groups in total. The molecule has 0 fully saturated rings. The Kier molecular flexibility index (Phi) is 4.54. The van der Waals surface area contributed by atoms with E-state index in [0.717, 1.165) is 5.69 Å². The second kappa shape index (κ2) is 7.05. The average molecular weight is 392 g/mol. The van der Waals surface area contributed by atoms with Gasteiger partial charge in [-0.3, -0.25) is 14.4 Å². The highest BCUT2D eigenvalue weighted by molar-refractivity contribution is 6.08. The van der Waals surface area contributed by atoms with Crippen molar-refractivity contribution >= 4 is 28.5 Å². The molecule has 0 aliphatic carbocycles. The van der Waals surface area contributed by atoms with Crippen molar-refractivity contribution in [3.05, 3.63) is 64.1 Å². The van der Waals surface area contributed by atoms with Crippen molar-refractivity contribution in [2.75, 3.05) is 11.4 Å². The molecule has 2 aromatic heterocycles. The van der Waals surface area contributed by atoms with Crippen LogP contribution in [-0.4, -0.2) is 34.0 Å². The first kappa shape index (κ1) is 18.7. The Labute approximate surface area is 166 Å². The second-order valence-electron chi connectivity index (χ2n) is 6.87. The predicted molar refractivity (Wildman–Crippen MR) is 108 cm³/mol. The van der Waals surface area contributed by atoms with E-state index in [-0.39, 0.29) is 12.1 Å². The van der Waals surface area contributed by atoms with Gasteiger partial charge in [0.25, 0.3) is 11.8 Å². The molecule has 1 aliphatic heterocycles. The first-order valence-corrected chi connectivity index (χ1v) is 9.28. The number of nitrogens with zero attached hydrogens (tertiary/aromatic N) is 3. The third-order valence-corrected chi connectivity index (χ3v) is 4.97. The lowest BCUT2D eigenvalue weighted by molar-refractivity contribution is -0.124. The van der Waals surface area contributed by atoms with Gasteiger partial charge in [0.2, 0.25) is 5.43 Å². The quantitative estimate of drug-likeness (QED) is 0.729. The smallest absolute Gasteiger partial charge is 0.264 e. The van der Waals surface area contributed by atoms with Gasteiger partial charge in [-0.05, 0) is 38.1 Å². The molecule has 0 saturated heterocycles. The summed E-state index contributed by atoms with van der Waals surface area (Å²) in [6, 6.07) is 10.3. The number of para-hydroxylation sites is 2. The number of rotatable bonds is 3. The van der Waals surface area contributed by atoms with Crippen molar-refractivity contribution in [1.29, 1.82) is 0 Å². The standard InChI is InChI=1S/C21H20N4O4/c1-3-24-10-14(18(26)13-9-8-12(2)23-20(13)24)21(28)25-11-17(19(22)27)29-16-7-5-4-6-15(16)25/h4-10,17H,3,11H2,1-2H3,(H2,22,27)/t17-/m1/s1. The van der Waals surface area contributed by atoms with Crippen LogP contribution in [-0.2, 0) is 11.3 Å². The molecular formula is C21H20N4O4. The summed E-state index contributed by atoms with van der Waals surface area (Å²) < 4.78 is 7.38. The van der Waals surface area contributed by atoms with Gasteiger partial charge in [-0.15, -0.1) is 0 Å². The summed E-state index contributed by atoms with van der Waals surface area (Å²) >= 11 is 0. The highest BCUT2D eigenvalue weighted by Crippen LogP contribution is 2.33. The molecule has 1 aromatic carbocycles. The van der Waals surface area contributed by atoms with E-state index in [0.29, 0.717) is 29.0 Å². The number of carbonyl (C=O) groups is 2. The van der Waals surface area contributed by atoms with Gasteiger partial charge in [0, 0.05) is 18.4 Å². The number of ether oxygens (including phenoxy) is 1. The number of benzene rings is 1. The molecule has 0 radical (unpaired) electrons. The zero-order valence-corrected chi connectivity index (χ0v) is 16.1. The zero-order valence-electron chi connectivity index (χ0n) is 16.1. The number of hydrogen-bond donors (Lipinski definition) is 1. The Balaban J connectivity index is 1.87. The van der Waals surface area contributed by atoms with E-state index in [1.807, 2.05) is 13.8 Å². The number of hydrogen-bond acceptors (Lipinski definition) is 5. The van der Waals surface area contributed by atoms with Crippen LogP contribution in [0.5, 0.6) is 5.75 Å². The molecule has 0 saturated carbocycles. The summed E-state index contributed by atoms with van der Waals surface area (Å²) in [6.45, 7) is 4.23. The molecule has 1 atom stereocenters. The maximum Gasteiger partial charge on any atom is 0.264 e. The zero-order chi connectivity index (χ0) is 20.7. The van der Waals surface area contributed by atoms with E-state index in [1.54, 1.807) is 41.0 Å². The minimum atomic E-state index is -0.993.